The van der Waals surface area contributed by atoms with Crippen LogP contribution >= 0.6 is 0 Å². The van der Waals surface area contributed by atoms with Gasteiger partial charge in [0.1, 0.15) is 11.6 Å². The third-order valence-corrected chi connectivity index (χ3v) is 2.99. The molecule has 1 N–H and O–H groups in total. The van der Waals surface area contributed by atoms with Crippen molar-refractivity contribution in [2.45, 2.75) is 27.3 Å². The van der Waals surface area contributed by atoms with Crippen molar-refractivity contribution in [1.82, 2.24) is 10.2 Å². The molecule has 5 heteroatoms. The zero-order valence-electron chi connectivity index (χ0n) is 12.4. The summed E-state index contributed by atoms with van der Waals surface area (Å²) in [5.41, 5.74) is 0.803. The Bertz CT molecular complexity index is 434. The van der Waals surface area contributed by atoms with E-state index in [4.69, 9.17) is 4.74 Å². The highest BCUT2D eigenvalue weighted by atomic mass is 19.1. The van der Waals surface area contributed by atoms with Gasteiger partial charge in [0, 0.05) is 25.7 Å². The predicted octanol–water partition coefficient (Wildman–Crippen LogP) is 2.18. The van der Waals surface area contributed by atoms with Crippen LogP contribution in [0.3, 0.4) is 0 Å². The quantitative estimate of drug-likeness (QED) is 0.794. The number of halogens is 1. The highest BCUT2D eigenvalue weighted by Gasteiger charge is 2.10. The Morgan fingerprint density at radius 1 is 1.25 bits per heavy atom. The van der Waals surface area contributed by atoms with E-state index in [0.717, 1.165) is 12.1 Å². The molecule has 0 fully saturated rings. The number of hydrogen-bond acceptors (Lipinski definition) is 3. The summed E-state index contributed by atoms with van der Waals surface area (Å²) in [4.78, 5) is 13.5. The van der Waals surface area contributed by atoms with Crippen molar-refractivity contribution < 1.29 is 13.9 Å². The van der Waals surface area contributed by atoms with Gasteiger partial charge in [-0.2, -0.15) is 0 Å². The lowest BCUT2D eigenvalue weighted by atomic mass is 10.2. The van der Waals surface area contributed by atoms with Gasteiger partial charge in [0.15, 0.2) is 6.61 Å². The highest BCUT2D eigenvalue weighted by Crippen LogP contribution is 2.16. The van der Waals surface area contributed by atoms with Crippen LogP contribution in [0.2, 0.25) is 0 Å². The molecule has 0 aliphatic heterocycles. The third-order valence-electron chi connectivity index (χ3n) is 2.99. The Labute approximate surface area is 119 Å². The van der Waals surface area contributed by atoms with Gasteiger partial charge in [-0.05, 0) is 38.1 Å². The molecule has 0 radical (unpaired) electrons. The molecule has 1 amide bonds. The van der Waals surface area contributed by atoms with Gasteiger partial charge in [-0.25, -0.2) is 4.39 Å². The van der Waals surface area contributed by atoms with Crippen LogP contribution in [0.25, 0.3) is 0 Å². The molecule has 0 aliphatic carbocycles. The smallest absolute Gasteiger partial charge is 0.260 e. The molecule has 1 aromatic rings. The van der Waals surface area contributed by atoms with Crippen LogP contribution in [-0.4, -0.2) is 37.0 Å². The summed E-state index contributed by atoms with van der Waals surface area (Å²) in [5.74, 6) is -0.0587. The first kappa shape index (κ1) is 16.4. The maximum Gasteiger partial charge on any atom is 0.260 e. The molecule has 20 heavy (non-hydrogen) atoms. The second kappa shape index (κ2) is 8.53. The van der Waals surface area contributed by atoms with E-state index < -0.39 is 0 Å². The third kappa shape index (κ3) is 5.17. The van der Waals surface area contributed by atoms with E-state index in [1.807, 2.05) is 20.8 Å². The number of nitrogens with zero attached hydrogens (tertiary/aromatic N) is 1. The highest BCUT2D eigenvalue weighted by molar-refractivity contribution is 5.77. The molecule has 0 heterocycles. The first-order chi connectivity index (χ1) is 9.60. The Hall–Kier alpha value is -1.62. The molecule has 0 bridgehead atoms. The number of amides is 1. The number of carbonyl (C=O) groups is 1. The summed E-state index contributed by atoms with van der Waals surface area (Å²) >= 11 is 0. The predicted molar refractivity (Wildman–Crippen MR) is 77.2 cm³/mol. The van der Waals surface area contributed by atoms with Gasteiger partial charge < -0.3 is 15.0 Å². The summed E-state index contributed by atoms with van der Waals surface area (Å²) in [6.45, 7) is 8.43. The van der Waals surface area contributed by atoms with Crippen molar-refractivity contribution in [2.75, 3.05) is 26.2 Å². The summed E-state index contributed by atoms with van der Waals surface area (Å²) in [7, 11) is 0. The average Bonchev–Trinajstić information content (AvgIpc) is 2.43. The molecule has 0 aromatic heterocycles. The van der Waals surface area contributed by atoms with Crippen LogP contribution < -0.4 is 10.1 Å². The van der Waals surface area contributed by atoms with Gasteiger partial charge in [0.05, 0.1) is 0 Å². The van der Waals surface area contributed by atoms with Gasteiger partial charge in [-0.15, -0.1) is 0 Å². The van der Waals surface area contributed by atoms with Gasteiger partial charge in [0.25, 0.3) is 5.91 Å². The van der Waals surface area contributed by atoms with E-state index in [2.05, 4.69) is 5.32 Å². The number of likely N-dealkylation sites (N-methyl/N-ethyl adjacent to an activating group) is 1. The lowest BCUT2D eigenvalue weighted by Gasteiger charge is -2.18. The normalized spacial score (nSPS) is 10.4. The molecule has 112 valence electrons. The molecular weight excluding hydrogens is 259 g/mol. The fourth-order valence-electron chi connectivity index (χ4n) is 1.89. The monoisotopic (exact) mass is 282 g/mol. The molecule has 1 aromatic carbocycles. The van der Waals surface area contributed by atoms with E-state index in [1.54, 1.807) is 11.0 Å². The topological polar surface area (TPSA) is 41.6 Å². The summed E-state index contributed by atoms with van der Waals surface area (Å²) in [6.07, 6.45) is 0. The molecule has 4 nitrogen and oxygen atoms in total. The number of ether oxygens (including phenoxy) is 1. The van der Waals surface area contributed by atoms with E-state index in [1.165, 1.54) is 12.1 Å². The molecule has 0 atom stereocenters. The van der Waals surface area contributed by atoms with Gasteiger partial charge in [-0.1, -0.05) is 6.92 Å². The first-order valence-electron chi connectivity index (χ1n) is 7.01. The van der Waals surface area contributed by atoms with Crippen LogP contribution in [0.4, 0.5) is 4.39 Å². The summed E-state index contributed by atoms with van der Waals surface area (Å²) in [5, 5.41) is 3.12. The number of nitrogens with one attached hydrogen (secondary N) is 1. The second-order valence-electron chi connectivity index (χ2n) is 4.43. The maximum atomic E-state index is 13.5. The van der Waals surface area contributed by atoms with E-state index >= 15 is 0 Å². The SMILES string of the molecule is CCNCc1cc(F)cc(OCC(=O)N(CC)CC)c1. The van der Waals surface area contributed by atoms with Crippen LogP contribution in [0.1, 0.15) is 26.3 Å². The Balaban J connectivity index is 2.63. The average molecular weight is 282 g/mol. The van der Waals surface area contributed by atoms with Crippen LogP contribution in [0, 0.1) is 5.82 Å². The fraction of sp³-hybridized carbons (Fsp3) is 0.533. The number of carbonyl (C=O) groups excluding carboxylic acids is 1. The first-order valence-corrected chi connectivity index (χ1v) is 7.01. The van der Waals surface area contributed by atoms with Gasteiger partial charge in [0.2, 0.25) is 0 Å². The molecule has 0 spiro atoms. The van der Waals surface area contributed by atoms with Crippen molar-refractivity contribution in [3.8, 4) is 5.75 Å². The van der Waals surface area contributed by atoms with Crippen molar-refractivity contribution in [1.29, 1.82) is 0 Å². The van der Waals surface area contributed by atoms with Crippen LogP contribution in [0.15, 0.2) is 18.2 Å². The Kier molecular flexibility index (Phi) is 7.01. The van der Waals surface area contributed by atoms with Crippen molar-refractivity contribution in [3.63, 3.8) is 0 Å². The van der Waals surface area contributed by atoms with Gasteiger partial charge >= 0.3 is 0 Å². The van der Waals surface area contributed by atoms with Crippen molar-refractivity contribution in [3.05, 3.63) is 29.6 Å². The summed E-state index contributed by atoms with van der Waals surface area (Å²) in [6, 6.07) is 4.51. The lowest BCUT2D eigenvalue weighted by molar-refractivity contribution is -0.132. The van der Waals surface area contributed by atoms with E-state index in [0.29, 0.717) is 25.4 Å². The second-order valence-corrected chi connectivity index (χ2v) is 4.43. The zero-order chi connectivity index (χ0) is 15.0. The number of hydrogen-bond donors (Lipinski definition) is 1. The zero-order valence-corrected chi connectivity index (χ0v) is 12.4. The standard InChI is InChI=1S/C15H23FN2O2/c1-4-17-10-12-7-13(16)9-14(8-12)20-11-15(19)18(5-2)6-3/h7-9,17H,4-6,10-11H2,1-3H3. The van der Waals surface area contributed by atoms with E-state index in [9.17, 15) is 9.18 Å². The minimum atomic E-state index is -0.356. The minimum Gasteiger partial charge on any atom is -0.484 e. The maximum absolute atomic E-state index is 13.5. The van der Waals surface area contributed by atoms with Gasteiger partial charge in [-0.3, -0.25) is 4.79 Å². The minimum absolute atomic E-state index is 0.0637. The Morgan fingerprint density at radius 2 is 1.95 bits per heavy atom. The molecule has 0 aliphatic rings. The van der Waals surface area contributed by atoms with Crippen LogP contribution in [-0.2, 0) is 11.3 Å². The molecule has 0 saturated heterocycles. The molecular formula is C15H23FN2O2. The van der Waals surface area contributed by atoms with E-state index in [-0.39, 0.29) is 18.3 Å². The summed E-state index contributed by atoms with van der Waals surface area (Å²) < 4.78 is 18.9. The number of rotatable bonds is 8. The lowest BCUT2D eigenvalue weighted by Crippen LogP contribution is -2.34. The number of benzene rings is 1. The largest absolute Gasteiger partial charge is 0.484 e. The molecule has 1 rings (SSSR count). The van der Waals surface area contributed by atoms with Crippen LogP contribution in [0.5, 0.6) is 5.75 Å². The van der Waals surface area contributed by atoms with Crippen molar-refractivity contribution in [2.24, 2.45) is 0 Å². The van der Waals surface area contributed by atoms with Crippen molar-refractivity contribution >= 4 is 5.91 Å². The fourth-order valence-corrected chi connectivity index (χ4v) is 1.89. The molecule has 0 unspecified atom stereocenters. The molecule has 0 saturated carbocycles. The Morgan fingerprint density at radius 3 is 2.55 bits per heavy atom.